The fraction of sp³-hybridized carbons (Fsp3) is 0.250. The molecule has 3 rings (SSSR count). The van der Waals surface area contributed by atoms with Gasteiger partial charge in [0.2, 0.25) is 5.91 Å². The van der Waals surface area contributed by atoms with Crippen molar-refractivity contribution in [2.24, 2.45) is 7.05 Å². The molecule has 2 aromatic carbocycles. The molecule has 3 aromatic rings. The number of carbonyl (C=O) groups is 1. The normalized spacial score (nSPS) is 10.6. The first-order valence-electron chi connectivity index (χ1n) is 8.66. The van der Waals surface area contributed by atoms with Gasteiger partial charge in [-0.25, -0.2) is 0 Å². The Bertz CT molecular complexity index is 922. The number of anilines is 1. The Morgan fingerprint density at radius 1 is 1.19 bits per heavy atom. The average molecular weight is 382 g/mol. The smallest absolute Gasteiger partial charge is 0.234 e. The summed E-state index contributed by atoms with van der Waals surface area (Å²) in [7, 11) is 3.53. The first-order valence-corrected chi connectivity index (χ1v) is 9.64. The van der Waals surface area contributed by atoms with E-state index in [2.05, 4.69) is 22.4 Å². The number of ether oxygens (including phenoxy) is 1. The third-order valence-corrected chi connectivity index (χ3v) is 5.15. The Balaban J connectivity index is 1.62. The van der Waals surface area contributed by atoms with Crippen LogP contribution in [0.5, 0.6) is 5.75 Å². The van der Waals surface area contributed by atoms with Crippen LogP contribution in [-0.4, -0.2) is 33.5 Å². The number of benzene rings is 2. The molecule has 140 valence electrons. The number of aromatic nitrogens is 3. The number of rotatable bonds is 7. The molecule has 0 aliphatic carbocycles. The van der Waals surface area contributed by atoms with Gasteiger partial charge >= 0.3 is 0 Å². The largest absolute Gasteiger partial charge is 0.497 e. The van der Waals surface area contributed by atoms with Gasteiger partial charge in [0.1, 0.15) is 5.75 Å². The number of hydrogen-bond acceptors (Lipinski definition) is 5. The van der Waals surface area contributed by atoms with Crippen LogP contribution in [0.2, 0.25) is 0 Å². The highest BCUT2D eigenvalue weighted by Gasteiger charge is 2.13. The summed E-state index contributed by atoms with van der Waals surface area (Å²) in [5.74, 6) is 1.74. The highest BCUT2D eigenvalue weighted by Crippen LogP contribution is 2.24. The average Bonchev–Trinajstić information content (AvgIpc) is 3.07. The molecule has 1 heterocycles. The molecule has 27 heavy (non-hydrogen) atoms. The van der Waals surface area contributed by atoms with Crippen LogP contribution in [0.15, 0.2) is 53.7 Å². The van der Waals surface area contributed by atoms with Crippen LogP contribution >= 0.6 is 11.8 Å². The van der Waals surface area contributed by atoms with Gasteiger partial charge in [0, 0.05) is 18.3 Å². The minimum atomic E-state index is -0.0674. The van der Waals surface area contributed by atoms with Crippen molar-refractivity contribution in [1.29, 1.82) is 0 Å². The van der Waals surface area contributed by atoms with Crippen molar-refractivity contribution in [3.63, 3.8) is 0 Å². The summed E-state index contributed by atoms with van der Waals surface area (Å²) < 4.78 is 7.06. The number of hydrogen-bond donors (Lipinski definition) is 1. The molecule has 1 amide bonds. The Hall–Kier alpha value is -2.80. The maximum Gasteiger partial charge on any atom is 0.234 e. The van der Waals surface area contributed by atoms with E-state index in [0.717, 1.165) is 29.2 Å². The van der Waals surface area contributed by atoms with Crippen molar-refractivity contribution in [2.75, 3.05) is 18.2 Å². The van der Waals surface area contributed by atoms with Gasteiger partial charge in [-0.1, -0.05) is 30.8 Å². The number of aryl methyl sites for hydroxylation is 1. The van der Waals surface area contributed by atoms with Crippen molar-refractivity contribution in [3.8, 4) is 17.1 Å². The lowest BCUT2D eigenvalue weighted by molar-refractivity contribution is -0.113. The Labute approximate surface area is 163 Å². The molecule has 0 aliphatic rings. The molecule has 0 bridgehead atoms. The molecule has 0 unspecified atom stereocenters. The maximum atomic E-state index is 12.2. The third-order valence-electron chi connectivity index (χ3n) is 4.13. The standard InChI is InChI=1S/C20H22N4O2S/c1-4-14-6-5-7-16(12-14)21-18(25)13-27-20-23-22-19(24(20)2)15-8-10-17(26-3)11-9-15/h5-12H,4,13H2,1-3H3,(H,21,25). The number of methoxy groups -OCH3 is 1. The number of amides is 1. The summed E-state index contributed by atoms with van der Waals surface area (Å²) in [6.45, 7) is 2.09. The van der Waals surface area contributed by atoms with Crippen LogP contribution in [0.1, 0.15) is 12.5 Å². The zero-order valence-electron chi connectivity index (χ0n) is 15.6. The number of carbonyl (C=O) groups excluding carboxylic acids is 1. The van der Waals surface area contributed by atoms with Gasteiger partial charge in [-0.05, 0) is 48.4 Å². The Morgan fingerprint density at radius 2 is 1.96 bits per heavy atom. The number of thioether (sulfide) groups is 1. The molecule has 0 saturated heterocycles. The molecule has 1 N–H and O–H groups in total. The van der Waals surface area contributed by atoms with E-state index in [1.165, 1.54) is 17.3 Å². The molecule has 0 spiro atoms. The minimum Gasteiger partial charge on any atom is -0.497 e. The number of nitrogens with zero attached hydrogens (tertiary/aromatic N) is 3. The van der Waals surface area contributed by atoms with Crippen molar-refractivity contribution in [3.05, 3.63) is 54.1 Å². The van der Waals surface area contributed by atoms with E-state index < -0.39 is 0 Å². The van der Waals surface area contributed by atoms with Crippen LogP contribution in [-0.2, 0) is 18.3 Å². The molecular weight excluding hydrogens is 360 g/mol. The van der Waals surface area contributed by atoms with E-state index in [-0.39, 0.29) is 11.7 Å². The predicted octanol–water partition coefficient (Wildman–Crippen LogP) is 3.78. The van der Waals surface area contributed by atoms with Crippen molar-refractivity contribution >= 4 is 23.4 Å². The van der Waals surface area contributed by atoms with Gasteiger partial charge in [0.05, 0.1) is 12.9 Å². The topological polar surface area (TPSA) is 69.0 Å². The molecule has 0 radical (unpaired) electrons. The Morgan fingerprint density at radius 3 is 2.67 bits per heavy atom. The van der Waals surface area contributed by atoms with E-state index >= 15 is 0 Å². The molecule has 0 aliphatic heterocycles. The molecule has 0 fully saturated rings. The van der Waals surface area contributed by atoms with E-state index in [1.807, 2.05) is 60.1 Å². The molecule has 7 heteroatoms. The molecule has 6 nitrogen and oxygen atoms in total. The lowest BCUT2D eigenvalue weighted by Crippen LogP contribution is -2.14. The summed E-state index contributed by atoms with van der Waals surface area (Å²) in [5, 5.41) is 12.1. The van der Waals surface area contributed by atoms with Gasteiger partial charge in [0.25, 0.3) is 0 Å². The summed E-state index contributed by atoms with van der Waals surface area (Å²) in [4.78, 5) is 12.2. The first kappa shape index (κ1) is 19.0. The monoisotopic (exact) mass is 382 g/mol. The second-order valence-corrected chi connectivity index (χ2v) is 6.93. The summed E-state index contributed by atoms with van der Waals surface area (Å²) in [5.41, 5.74) is 2.95. The van der Waals surface area contributed by atoms with Crippen LogP contribution < -0.4 is 10.1 Å². The van der Waals surface area contributed by atoms with Gasteiger partial charge < -0.3 is 14.6 Å². The third kappa shape index (κ3) is 4.68. The fourth-order valence-corrected chi connectivity index (χ4v) is 3.34. The zero-order valence-corrected chi connectivity index (χ0v) is 16.4. The summed E-state index contributed by atoms with van der Waals surface area (Å²) in [6, 6.07) is 15.5. The van der Waals surface area contributed by atoms with Gasteiger partial charge in [0.15, 0.2) is 11.0 Å². The molecular formula is C20H22N4O2S. The SMILES string of the molecule is CCc1cccc(NC(=O)CSc2nnc(-c3ccc(OC)cc3)n2C)c1. The molecule has 0 atom stereocenters. The fourth-order valence-electron chi connectivity index (χ4n) is 2.63. The second-order valence-electron chi connectivity index (χ2n) is 5.98. The van der Waals surface area contributed by atoms with E-state index in [4.69, 9.17) is 4.74 Å². The van der Waals surface area contributed by atoms with Crippen molar-refractivity contribution < 1.29 is 9.53 Å². The molecule has 0 saturated carbocycles. The van der Waals surface area contributed by atoms with Crippen molar-refractivity contribution in [1.82, 2.24) is 14.8 Å². The van der Waals surface area contributed by atoms with Gasteiger partial charge in [-0.15, -0.1) is 10.2 Å². The van der Waals surface area contributed by atoms with Crippen molar-refractivity contribution in [2.45, 2.75) is 18.5 Å². The lowest BCUT2D eigenvalue weighted by Gasteiger charge is -2.07. The first-order chi connectivity index (χ1) is 13.1. The summed E-state index contributed by atoms with van der Waals surface area (Å²) in [6.07, 6.45) is 0.936. The lowest BCUT2D eigenvalue weighted by atomic mass is 10.1. The van der Waals surface area contributed by atoms with Crippen LogP contribution in [0.3, 0.4) is 0 Å². The van der Waals surface area contributed by atoms with Crippen LogP contribution in [0.4, 0.5) is 5.69 Å². The van der Waals surface area contributed by atoms with E-state index in [1.54, 1.807) is 7.11 Å². The minimum absolute atomic E-state index is 0.0674. The highest BCUT2D eigenvalue weighted by molar-refractivity contribution is 7.99. The quantitative estimate of drug-likeness (QED) is 0.630. The Kier molecular flexibility index (Phi) is 6.13. The predicted molar refractivity (Wildman–Crippen MR) is 108 cm³/mol. The summed E-state index contributed by atoms with van der Waals surface area (Å²) >= 11 is 1.36. The van der Waals surface area contributed by atoms with E-state index in [9.17, 15) is 4.79 Å². The van der Waals surface area contributed by atoms with Crippen LogP contribution in [0, 0.1) is 0 Å². The van der Waals surface area contributed by atoms with Gasteiger partial charge in [-0.3, -0.25) is 4.79 Å². The van der Waals surface area contributed by atoms with E-state index in [0.29, 0.717) is 5.16 Å². The number of nitrogens with one attached hydrogen (secondary N) is 1. The molecule has 1 aromatic heterocycles. The highest BCUT2D eigenvalue weighted by atomic mass is 32.2. The zero-order chi connectivity index (χ0) is 19.2. The van der Waals surface area contributed by atoms with Gasteiger partial charge in [-0.2, -0.15) is 0 Å². The maximum absolute atomic E-state index is 12.2. The van der Waals surface area contributed by atoms with Crippen LogP contribution in [0.25, 0.3) is 11.4 Å². The second kappa shape index (κ2) is 8.73.